The molecule has 0 aromatic heterocycles. The van der Waals surface area contributed by atoms with E-state index in [0.717, 1.165) is 10.0 Å². The van der Waals surface area contributed by atoms with Crippen LogP contribution >= 0.6 is 15.9 Å². The van der Waals surface area contributed by atoms with Crippen molar-refractivity contribution < 1.29 is 9.90 Å². The van der Waals surface area contributed by atoms with Crippen LogP contribution in [0.2, 0.25) is 0 Å². The molecule has 0 fully saturated rings. The zero-order valence-electron chi connectivity index (χ0n) is 10.9. The highest BCUT2D eigenvalue weighted by atomic mass is 79.9. The Hall–Kier alpha value is -2.07. The Bertz CT molecular complexity index is 648. The SMILES string of the molecule is Cc1ccc(O)c(NC=CC(=O)c2ccc(Br)cc2)c1. The van der Waals surface area contributed by atoms with Crippen molar-refractivity contribution in [1.29, 1.82) is 0 Å². The topological polar surface area (TPSA) is 49.3 Å². The fraction of sp³-hybridized carbons (Fsp3) is 0.0625. The number of phenols is 1. The number of anilines is 1. The molecule has 0 saturated carbocycles. The number of carbonyl (C=O) groups is 1. The lowest BCUT2D eigenvalue weighted by Crippen LogP contribution is -1.96. The van der Waals surface area contributed by atoms with Crippen molar-refractivity contribution in [1.82, 2.24) is 0 Å². The van der Waals surface area contributed by atoms with E-state index >= 15 is 0 Å². The minimum absolute atomic E-state index is 0.0999. The van der Waals surface area contributed by atoms with Gasteiger partial charge in [-0.3, -0.25) is 4.79 Å². The Kier molecular flexibility index (Phi) is 4.58. The van der Waals surface area contributed by atoms with Gasteiger partial charge in [-0.05, 0) is 48.9 Å². The van der Waals surface area contributed by atoms with Gasteiger partial charge in [0, 0.05) is 22.3 Å². The molecule has 0 aliphatic carbocycles. The van der Waals surface area contributed by atoms with E-state index in [4.69, 9.17) is 0 Å². The van der Waals surface area contributed by atoms with E-state index in [1.54, 1.807) is 18.2 Å². The Morgan fingerprint density at radius 1 is 1.20 bits per heavy atom. The summed E-state index contributed by atoms with van der Waals surface area (Å²) in [4.78, 5) is 11.9. The summed E-state index contributed by atoms with van der Waals surface area (Å²) in [5, 5.41) is 12.6. The maximum absolute atomic E-state index is 11.9. The molecule has 0 aliphatic rings. The van der Waals surface area contributed by atoms with E-state index in [0.29, 0.717) is 11.3 Å². The van der Waals surface area contributed by atoms with Gasteiger partial charge in [-0.1, -0.05) is 22.0 Å². The number of benzene rings is 2. The first-order valence-corrected chi connectivity index (χ1v) is 6.88. The van der Waals surface area contributed by atoms with Crippen molar-refractivity contribution in [2.45, 2.75) is 6.92 Å². The second-order valence-corrected chi connectivity index (χ2v) is 5.29. The van der Waals surface area contributed by atoms with Crippen molar-refractivity contribution >= 4 is 27.4 Å². The predicted molar refractivity (Wildman–Crippen MR) is 84.1 cm³/mol. The van der Waals surface area contributed by atoms with Crippen LogP contribution in [0, 0.1) is 6.92 Å². The minimum atomic E-state index is -0.0999. The number of halogens is 1. The van der Waals surface area contributed by atoms with Crippen molar-refractivity contribution in [3.05, 3.63) is 70.3 Å². The number of aromatic hydroxyl groups is 1. The standard InChI is InChI=1S/C16H14BrNO2/c1-11-2-7-16(20)14(10-11)18-9-8-15(19)12-3-5-13(17)6-4-12/h2-10,18,20H,1H3. The smallest absolute Gasteiger partial charge is 0.187 e. The Balaban J connectivity index is 2.04. The maximum atomic E-state index is 11.9. The molecular weight excluding hydrogens is 318 g/mol. The molecule has 2 N–H and O–H groups in total. The molecule has 0 heterocycles. The number of allylic oxidation sites excluding steroid dienone is 1. The van der Waals surface area contributed by atoms with Crippen molar-refractivity contribution in [2.24, 2.45) is 0 Å². The van der Waals surface area contributed by atoms with Crippen molar-refractivity contribution in [3.63, 3.8) is 0 Å². The summed E-state index contributed by atoms with van der Waals surface area (Å²) in [6.45, 7) is 1.93. The van der Waals surface area contributed by atoms with E-state index < -0.39 is 0 Å². The third kappa shape index (κ3) is 3.71. The third-order valence-electron chi connectivity index (χ3n) is 2.75. The summed E-state index contributed by atoms with van der Waals surface area (Å²) >= 11 is 3.32. The first-order chi connectivity index (χ1) is 9.56. The fourth-order valence-corrected chi connectivity index (χ4v) is 1.95. The van der Waals surface area contributed by atoms with Gasteiger partial charge in [-0.25, -0.2) is 0 Å². The van der Waals surface area contributed by atoms with E-state index in [1.165, 1.54) is 12.3 Å². The Labute approximate surface area is 126 Å². The number of ketones is 1. The Morgan fingerprint density at radius 2 is 1.90 bits per heavy atom. The summed E-state index contributed by atoms with van der Waals surface area (Å²) in [6, 6.07) is 12.4. The zero-order chi connectivity index (χ0) is 14.5. The van der Waals surface area contributed by atoms with Gasteiger partial charge in [0.1, 0.15) is 5.75 Å². The predicted octanol–water partition coefficient (Wildman–Crippen LogP) is 4.27. The summed E-state index contributed by atoms with van der Waals surface area (Å²) in [6.07, 6.45) is 2.96. The normalized spacial score (nSPS) is 10.7. The second kappa shape index (κ2) is 6.39. The number of aryl methyl sites for hydroxylation is 1. The highest BCUT2D eigenvalue weighted by Gasteiger charge is 2.02. The number of rotatable bonds is 4. The molecule has 0 aliphatic heterocycles. The molecule has 0 spiro atoms. The third-order valence-corrected chi connectivity index (χ3v) is 3.28. The zero-order valence-corrected chi connectivity index (χ0v) is 12.5. The van der Waals surface area contributed by atoms with E-state index in [-0.39, 0.29) is 11.5 Å². The van der Waals surface area contributed by atoms with E-state index in [1.807, 2.05) is 31.2 Å². The number of phenolic OH excluding ortho intramolecular Hbond substituents is 1. The first-order valence-electron chi connectivity index (χ1n) is 6.09. The van der Waals surface area contributed by atoms with Crippen LogP contribution in [0.15, 0.2) is 59.2 Å². The van der Waals surface area contributed by atoms with Crippen LogP contribution in [0.4, 0.5) is 5.69 Å². The molecular formula is C16H14BrNO2. The van der Waals surface area contributed by atoms with Gasteiger partial charge in [-0.15, -0.1) is 0 Å². The highest BCUT2D eigenvalue weighted by Crippen LogP contribution is 2.23. The quantitative estimate of drug-likeness (QED) is 0.499. The summed E-state index contributed by atoms with van der Waals surface area (Å²) < 4.78 is 0.931. The first kappa shape index (κ1) is 14.3. The monoisotopic (exact) mass is 331 g/mol. The van der Waals surface area contributed by atoms with E-state index in [2.05, 4.69) is 21.2 Å². The van der Waals surface area contributed by atoms with Crippen LogP contribution in [0.3, 0.4) is 0 Å². The lowest BCUT2D eigenvalue weighted by Gasteiger charge is -2.04. The molecule has 0 atom stereocenters. The van der Waals surface area contributed by atoms with Crippen LogP contribution in [0.5, 0.6) is 5.75 Å². The Morgan fingerprint density at radius 3 is 2.60 bits per heavy atom. The van der Waals surface area contributed by atoms with E-state index in [9.17, 15) is 9.90 Å². The molecule has 2 aromatic carbocycles. The molecule has 102 valence electrons. The lowest BCUT2D eigenvalue weighted by molar-refractivity contribution is 0.104. The maximum Gasteiger partial charge on any atom is 0.187 e. The van der Waals surface area contributed by atoms with Crippen LogP contribution in [-0.4, -0.2) is 10.9 Å². The van der Waals surface area contributed by atoms with Gasteiger partial charge < -0.3 is 10.4 Å². The second-order valence-electron chi connectivity index (χ2n) is 4.37. The van der Waals surface area contributed by atoms with Gasteiger partial charge in [0.15, 0.2) is 5.78 Å². The molecule has 0 amide bonds. The van der Waals surface area contributed by atoms with Gasteiger partial charge in [-0.2, -0.15) is 0 Å². The molecule has 2 aromatic rings. The van der Waals surface area contributed by atoms with Crippen molar-refractivity contribution in [2.75, 3.05) is 5.32 Å². The molecule has 2 rings (SSSR count). The molecule has 0 radical (unpaired) electrons. The molecule has 4 heteroatoms. The summed E-state index contributed by atoms with van der Waals surface area (Å²) in [5.41, 5.74) is 2.21. The largest absolute Gasteiger partial charge is 0.506 e. The highest BCUT2D eigenvalue weighted by molar-refractivity contribution is 9.10. The average Bonchev–Trinajstić information content (AvgIpc) is 2.43. The van der Waals surface area contributed by atoms with Crippen LogP contribution in [0.25, 0.3) is 0 Å². The summed E-state index contributed by atoms with van der Waals surface area (Å²) in [7, 11) is 0. The van der Waals surface area contributed by atoms with Gasteiger partial charge in [0.05, 0.1) is 5.69 Å². The number of carbonyl (C=O) groups excluding carboxylic acids is 1. The van der Waals surface area contributed by atoms with Gasteiger partial charge >= 0.3 is 0 Å². The number of hydrogen-bond donors (Lipinski definition) is 2. The van der Waals surface area contributed by atoms with Crippen molar-refractivity contribution in [3.8, 4) is 5.75 Å². The molecule has 0 saturated heterocycles. The average molecular weight is 332 g/mol. The molecule has 0 unspecified atom stereocenters. The van der Waals surface area contributed by atoms with Crippen LogP contribution in [0.1, 0.15) is 15.9 Å². The van der Waals surface area contributed by atoms with Crippen LogP contribution in [-0.2, 0) is 0 Å². The molecule has 20 heavy (non-hydrogen) atoms. The van der Waals surface area contributed by atoms with Crippen LogP contribution < -0.4 is 5.32 Å². The van der Waals surface area contributed by atoms with Gasteiger partial charge in [0.25, 0.3) is 0 Å². The number of hydrogen-bond acceptors (Lipinski definition) is 3. The summed E-state index contributed by atoms with van der Waals surface area (Å²) in [5.74, 6) is 0.0495. The van der Waals surface area contributed by atoms with Gasteiger partial charge in [0.2, 0.25) is 0 Å². The molecule has 0 bridgehead atoms. The number of nitrogens with one attached hydrogen (secondary N) is 1. The minimum Gasteiger partial charge on any atom is -0.506 e. The fourth-order valence-electron chi connectivity index (χ4n) is 1.68. The lowest BCUT2D eigenvalue weighted by atomic mass is 10.1. The molecule has 3 nitrogen and oxygen atoms in total.